The first-order valence-electron chi connectivity index (χ1n) is 15.6. The van der Waals surface area contributed by atoms with Crippen LogP contribution in [0.4, 0.5) is 0 Å². The molecule has 5 rings (SSSR count). The van der Waals surface area contributed by atoms with Gasteiger partial charge >= 0.3 is 0 Å². The molecule has 0 saturated heterocycles. The summed E-state index contributed by atoms with van der Waals surface area (Å²) < 4.78 is 0. The number of carbonyl (C=O) groups is 4. The monoisotopic (exact) mass is 599 g/mol. The van der Waals surface area contributed by atoms with E-state index in [0.717, 1.165) is 37.7 Å². The number of amides is 4. The molecule has 9 nitrogen and oxygen atoms in total. The molecule has 0 spiro atoms. The Morgan fingerprint density at radius 1 is 1.00 bits per heavy atom. The lowest BCUT2D eigenvalue weighted by atomic mass is 9.53. The Bertz CT molecular complexity index is 1070. The lowest BCUT2D eigenvalue weighted by Gasteiger charge is -2.58. The average molecular weight is 600 g/mol. The van der Waals surface area contributed by atoms with Crippen molar-refractivity contribution in [2.45, 2.75) is 89.4 Å². The van der Waals surface area contributed by atoms with Crippen molar-refractivity contribution in [3.8, 4) is 0 Å². The third-order valence-electron chi connectivity index (χ3n) is 9.94. The lowest BCUT2D eigenvalue weighted by Crippen LogP contribution is -2.64. The van der Waals surface area contributed by atoms with Gasteiger partial charge in [-0.3, -0.25) is 19.2 Å². The van der Waals surface area contributed by atoms with Crippen LogP contribution in [-0.4, -0.2) is 71.2 Å². The van der Waals surface area contributed by atoms with E-state index >= 15 is 0 Å². The highest BCUT2D eigenvalue weighted by molar-refractivity contribution is 7.98. The molecular weight excluding hydrogens is 550 g/mol. The second-order valence-corrected chi connectivity index (χ2v) is 13.8. The van der Waals surface area contributed by atoms with E-state index in [2.05, 4.69) is 10.6 Å². The minimum atomic E-state index is -0.807. The molecule has 4 fully saturated rings. The predicted octanol–water partition coefficient (Wildman–Crippen LogP) is 2.46. The van der Waals surface area contributed by atoms with Crippen molar-refractivity contribution in [3.05, 3.63) is 35.9 Å². The van der Waals surface area contributed by atoms with E-state index in [4.69, 9.17) is 11.5 Å². The fourth-order valence-electron chi connectivity index (χ4n) is 7.73. The maximum Gasteiger partial charge on any atom is 0.243 e. The minimum Gasteiger partial charge on any atom is -0.368 e. The average Bonchev–Trinajstić information content (AvgIpc) is 2.97. The van der Waals surface area contributed by atoms with Gasteiger partial charge in [-0.05, 0) is 85.7 Å². The fourth-order valence-corrected chi connectivity index (χ4v) is 8.21. The maximum atomic E-state index is 14.1. The van der Waals surface area contributed by atoms with Gasteiger partial charge in [-0.15, -0.1) is 0 Å². The number of nitrogens with one attached hydrogen (secondary N) is 2. The van der Waals surface area contributed by atoms with Gasteiger partial charge in [-0.2, -0.15) is 11.8 Å². The lowest BCUT2D eigenvalue weighted by molar-refractivity contribution is -0.153. The van der Waals surface area contributed by atoms with Crippen molar-refractivity contribution in [1.82, 2.24) is 15.5 Å². The number of nitrogens with two attached hydrogens (primary N) is 2. The molecular formula is C32H49N5O4S. The summed E-state index contributed by atoms with van der Waals surface area (Å²) in [4.78, 5) is 55.0. The van der Waals surface area contributed by atoms with Crippen LogP contribution < -0.4 is 22.1 Å². The molecule has 4 aliphatic carbocycles. The minimum absolute atomic E-state index is 0.0271. The second-order valence-electron chi connectivity index (χ2n) is 12.8. The summed E-state index contributed by atoms with van der Waals surface area (Å²) in [6, 6.07) is 7.24. The standard InChI is InChI=1S/C32H49N5O4S/c1-4-19(2)28(33)32(41)36-25(10-11-42-3)31(40)35-18-27(38)37(26(30(34)39)17-20-8-6-5-7-9-20)29-23-13-21-12-22(15-23)16-24(29)14-21/h5-9,19,21-26,28-29H,4,10-18,33H2,1-3H3,(H2,34,39)(H,35,40)(H,36,41)/t19-,21?,22?,23?,24?,25+,26-,28-,29?/m0/s1. The van der Waals surface area contributed by atoms with E-state index in [1.807, 2.05) is 50.4 Å². The zero-order valence-electron chi connectivity index (χ0n) is 25.3. The van der Waals surface area contributed by atoms with Gasteiger partial charge in [0.15, 0.2) is 0 Å². The Kier molecular flexibility index (Phi) is 11.3. The molecule has 10 heteroatoms. The van der Waals surface area contributed by atoms with E-state index in [0.29, 0.717) is 42.3 Å². The first-order chi connectivity index (χ1) is 20.1. The van der Waals surface area contributed by atoms with Crippen molar-refractivity contribution >= 4 is 35.4 Å². The maximum absolute atomic E-state index is 14.1. The number of hydrogen-bond acceptors (Lipinski definition) is 6. The number of nitrogens with zero attached hydrogens (tertiary/aromatic N) is 1. The molecule has 4 amide bonds. The van der Waals surface area contributed by atoms with Gasteiger partial charge in [0.25, 0.3) is 0 Å². The highest BCUT2D eigenvalue weighted by Gasteiger charge is 2.52. The summed E-state index contributed by atoms with van der Waals surface area (Å²) in [5.74, 6) is 1.08. The predicted molar refractivity (Wildman–Crippen MR) is 166 cm³/mol. The number of benzene rings is 1. The summed E-state index contributed by atoms with van der Waals surface area (Å²) in [7, 11) is 0. The molecule has 42 heavy (non-hydrogen) atoms. The molecule has 0 radical (unpaired) electrons. The van der Waals surface area contributed by atoms with Gasteiger partial charge in [0.2, 0.25) is 23.6 Å². The number of primary amides is 1. The topological polar surface area (TPSA) is 148 Å². The third-order valence-corrected chi connectivity index (χ3v) is 10.6. The van der Waals surface area contributed by atoms with E-state index in [1.165, 1.54) is 6.42 Å². The largest absolute Gasteiger partial charge is 0.368 e. The van der Waals surface area contributed by atoms with Crippen LogP contribution >= 0.6 is 11.8 Å². The van der Waals surface area contributed by atoms with E-state index in [-0.39, 0.29) is 30.3 Å². The van der Waals surface area contributed by atoms with Crippen molar-refractivity contribution in [2.24, 2.45) is 41.1 Å². The Morgan fingerprint density at radius 2 is 1.62 bits per heavy atom. The Balaban J connectivity index is 1.52. The van der Waals surface area contributed by atoms with Gasteiger partial charge < -0.3 is 27.0 Å². The number of carbonyl (C=O) groups excluding carboxylic acids is 4. The third kappa shape index (κ3) is 7.67. The molecule has 0 heterocycles. The van der Waals surface area contributed by atoms with Gasteiger partial charge in [0, 0.05) is 12.5 Å². The van der Waals surface area contributed by atoms with E-state index < -0.39 is 29.9 Å². The Labute approximate surface area is 254 Å². The van der Waals surface area contributed by atoms with Crippen LogP contribution in [0, 0.1) is 29.6 Å². The Morgan fingerprint density at radius 3 is 2.17 bits per heavy atom. The zero-order chi connectivity index (χ0) is 30.4. The second kappa shape index (κ2) is 14.7. The van der Waals surface area contributed by atoms with Crippen LogP contribution in [-0.2, 0) is 25.6 Å². The van der Waals surface area contributed by atoms with Gasteiger partial charge in [-0.1, -0.05) is 50.6 Å². The SMILES string of the molecule is CC[C@H](C)[C@H](N)C(=O)N[C@H](CCSC)C(=O)NCC(=O)N(C1C2CC3CC(C2)CC1C3)[C@@H](Cc1ccccc1)C(N)=O. The normalized spacial score (nSPS) is 27.0. The van der Waals surface area contributed by atoms with Crippen molar-refractivity contribution in [3.63, 3.8) is 0 Å². The Hall–Kier alpha value is -2.59. The van der Waals surface area contributed by atoms with Gasteiger partial charge in [0.05, 0.1) is 12.6 Å². The highest BCUT2D eigenvalue weighted by atomic mass is 32.2. The zero-order valence-corrected chi connectivity index (χ0v) is 26.1. The molecule has 4 bridgehead atoms. The van der Waals surface area contributed by atoms with Crippen molar-refractivity contribution < 1.29 is 19.2 Å². The molecule has 0 unspecified atom stereocenters. The molecule has 4 saturated carbocycles. The molecule has 0 aromatic heterocycles. The summed E-state index contributed by atoms with van der Waals surface area (Å²) in [6.45, 7) is 3.61. The van der Waals surface area contributed by atoms with Crippen LogP contribution in [0.25, 0.3) is 0 Å². The van der Waals surface area contributed by atoms with Gasteiger partial charge in [-0.25, -0.2) is 0 Å². The van der Waals surface area contributed by atoms with E-state index in [1.54, 1.807) is 16.7 Å². The number of rotatable bonds is 15. The first-order valence-corrected chi connectivity index (χ1v) is 17.0. The first kappa shape index (κ1) is 32.3. The summed E-state index contributed by atoms with van der Waals surface area (Å²) in [5.41, 5.74) is 13.1. The molecule has 6 N–H and O–H groups in total. The smallest absolute Gasteiger partial charge is 0.243 e. The quantitative estimate of drug-likeness (QED) is 0.244. The van der Waals surface area contributed by atoms with Crippen LogP contribution in [0.5, 0.6) is 0 Å². The molecule has 1 aromatic carbocycles. The molecule has 1 aromatic rings. The molecule has 4 atom stereocenters. The molecule has 0 aliphatic heterocycles. The van der Waals surface area contributed by atoms with E-state index in [9.17, 15) is 19.2 Å². The van der Waals surface area contributed by atoms with Crippen LogP contribution in [0.15, 0.2) is 30.3 Å². The summed E-state index contributed by atoms with van der Waals surface area (Å²) in [5, 5.41) is 5.60. The number of thioether (sulfide) groups is 1. The van der Waals surface area contributed by atoms with Crippen molar-refractivity contribution in [2.75, 3.05) is 18.6 Å². The molecule has 4 aliphatic rings. The van der Waals surface area contributed by atoms with Crippen LogP contribution in [0.2, 0.25) is 0 Å². The molecule has 232 valence electrons. The number of hydrogen-bond donors (Lipinski definition) is 4. The highest BCUT2D eigenvalue weighted by Crippen LogP contribution is 2.55. The fraction of sp³-hybridized carbons (Fsp3) is 0.688. The van der Waals surface area contributed by atoms with Gasteiger partial charge in [0.1, 0.15) is 12.1 Å². The van der Waals surface area contributed by atoms with Crippen molar-refractivity contribution in [1.29, 1.82) is 0 Å². The summed E-state index contributed by atoms with van der Waals surface area (Å²) in [6.07, 6.45) is 8.99. The van der Waals surface area contributed by atoms with Crippen LogP contribution in [0.3, 0.4) is 0 Å². The summed E-state index contributed by atoms with van der Waals surface area (Å²) >= 11 is 1.57. The van der Waals surface area contributed by atoms with Crippen LogP contribution in [0.1, 0.15) is 64.4 Å².